The molecule has 162 valence electrons. The third-order valence-electron chi connectivity index (χ3n) is 5.94. The average molecular weight is 409 g/mol. The highest BCUT2D eigenvalue weighted by molar-refractivity contribution is 5.73. The summed E-state index contributed by atoms with van der Waals surface area (Å²) in [5, 5.41) is 10.1. The number of alkyl halides is 3. The van der Waals surface area contributed by atoms with Gasteiger partial charge in [-0.05, 0) is 32.1 Å². The smallest absolute Gasteiger partial charge is 0.475 e. The Labute approximate surface area is 163 Å². The lowest BCUT2D eigenvalue weighted by molar-refractivity contribution is -0.192. The van der Waals surface area contributed by atoms with Crippen LogP contribution in [-0.2, 0) is 9.53 Å². The fraction of sp³-hybridized carbons (Fsp3) is 0.889. The predicted molar refractivity (Wildman–Crippen MR) is 96.0 cm³/mol. The van der Waals surface area contributed by atoms with Crippen molar-refractivity contribution in [3.05, 3.63) is 0 Å². The van der Waals surface area contributed by atoms with Crippen LogP contribution in [0.4, 0.5) is 18.0 Å². The highest BCUT2D eigenvalue weighted by Crippen LogP contribution is 2.45. The maximum atomic E-state index is 11.7. The quantitative estimate of drug-likeness (QED) is 0.745. The maximum absolute atomic E-state index is 11.7. The van der Waals surface area contributed by atoms with Gasteiger partial charge in [-0.2, -0.15) is 13.2 Å². The summed E-state index contributed by atoms with van der Waals surface area (Å²) >= 11 is 0. The molecule has 0 bridgehead atoms. The van der Waals surface area contributed by atoms with Gasteiger partial charge >= 0.3 is 18.2 Å². The molecule has 7 nitrogen and oxygen atoms in total. The molecule has 0 unspecified atom stereocenters. The van der Waals surface area contributed by atoms with Crippen LogP contribution in [0.25, 0.3) is 0 Å². The first-order chi connectivity index (χ1) is 13.0. The molecule has 0 aromatic heterocycles. The number of carbonyl (C=O) groups excluding carboxylic acids is 1. The number of carboxylic acid groups (broad SMARTS) is 1. The number of nitrogens with zero attached hydrogens (tertiary/aromatic N) is 2. The van der Waals surface area contributed by atoms with E-state index in [-0.39, 0.29) is 11.4 Å². The molecular formula is C18H30F3N3O4. The van der Waals surface area contributed by atoms with E-state index in [0.717, 1.165) is 38.5 Å². The molecule has 2 atom stereocenters. The molecule has 3 rings (SSSR count). The number of fused-ring (bicyclic) bond motifs is 1. The van der Waals surface area contributed by atoms with Crippen molar-refractivity contribution in [1.29, 1.82) is 0 Å². The first-order valence-electron chi connectivity index (χ1n) is 9.66. The van der Waals surface area contributed by atoms with Crippen LogP contribution in [0.3, 0.4) is 0 Å². The fourth-order valence-electron chi connectivity index (χ4n) is 4.08. The number of urea groups is 1. The molecule has 2 N–H and O–H groups in total. The van der Waals surface area contributed by atoms with Crippen LogP contribution in [0.2, 0.25) is 0 Å². The zero-order valence-electron chi connectivity index (χ0n) is 16.4. The Morgan fingerprint density at radius 1 is 1.29 bits per heavy atom. The van der Waals surface area contributed by atoms with E-state index in [4.69, 9.17) is 14.6 Å². The van der Waals surface area contributed by atoms with Crippen molar-refractivity contribution in [3.63, 3.8) is 0 Å². The lowest BCUT2D eigenvalue weighted by Gasteiger charge is -2.49. The summed E-state index contributed by atoms with van der Waals surface area (Å²) in [5.41, 5.74) is 0.271. The number of ether oxygens (including phenoxy) is 1. The van der Waals surface area contributed by atoms with Gasteiger partial charge in [-0.3, -0.25) is 4.90 Å². The molecule has 3 fully saturated rings. The zero-order chi connectivity index (χ0) is 20.9. The number of hydrogen-bond acceptors (Lipinski definition) is 4. The molecule has 2 aliphatic heterocycles. The van der Waals surface area contributed by atoms with E-state index in [9.17, 15) is 18.0 Å². The van der Waals surface area contributed by atoms with Gasteiger partial charge in [0.2, 0.25) is 0 Å². The Balaban J connectivity index is 0.000000345. The van der Waals surface area contributed by atoms with E-state index in [1.807, 2.05) is 0 Å². The van der Waals surface area contributed by atoms with Crippen molar-refractivity contribution < 1.29 is 32.6 Å². The van der Waals surface area contributed by atoms with Crippen LogP contribution < -0.4 is 5.32 Å². The number of hydrogen-bond donors (Lipinski definition) is 2. The summed E-state index contributed by atoms with van der Waals surface area (Å²) in [4.78, 5) is 24.9. The van der Waals surface area contributed by atoms with E-state index >= 15 is 0 Å². The van der Waals surface area contributed by atoms with Crippen LogP contribution in [0.1, 0.15) is 38.5 Å². The van der Waals surface area contributed by atoms with Gasteiger partial charge in [0.05, 0.1) is 6.10 Å². The lowest BCUT2D eigenvalue weighted by Crippen LogP contribution is -2.55. The second-order valence-corrected chi connectivity index (χ2v) is 7.99. The number of carboxylic acids is 1. The minimum Gasteiger partial charge on any atom is -0.475 e. The Hall–Kier alpha value is -1.55. The number of rotatable bonds is 4. The topological polar surface area (TPSA) is 82.1 Å². The summed E-state index contributed by atoms with van der Waals surface area (Å²) < 4.78 is 37.7. The lowest BCUT2D eigenvalue weighted by atomic mass is 9.72. The van der Waals surface area contributed by atoms with Gasteiger partial charge in [0.1, 0.15) is 0 Å². The molecule has 28 heavy (non-hydrogen) atoms. The standard InChI is InChI=1S/C16H29N3O2.C2HF3O2/c1-18(2)15(20)17-9-7-16-8-11-21-14(16)6-10-19(12-16)13-4-3-5-13;3-2(4,5)1(6)7/h13-14H,3-12H2,1-2H3,(H,17,20);(H,6,7)/t14-,16+;/m1./s1. The van der Waals surface area contributed by atoms with Gasteiger partial charge in [0.15, 0.2) is 0 Å². The van der Waals surface area contributed by atoms with Crippen LogP contribution in [-0.4, -0.2) is 85.6 Å². The minimum absolute atomic E-state index is 0.00789. The number of piperidine rings is 1. The Morgan fingerprint density at radius 2 is 1.93 bits per heavy atom. The second-order valence-electron chi connectivity index (χ2n) is 7.99. The molecule has 0 radical (unpaired) electrons. The van der Waals surface area contributed by atoms with Crippen molar-refractivity contribution in [2.24, 2.45) is 5.41 Å². The Morgan fingerprint density at radius 3 is 2.43 bits per heavy atom. The molecule has 0 aromatic carbocycles. The number of amides is 2. The van der Waals surface area contributed by atoms with E-state index in [0.29, 0.717) is 6.10 Å². The molecule has 1 saturated carbocycles. The molecule has 1 aliphatic carbocycles. The van der Waals surface area contributed by atoms with Crippen molar-refractivity contribution in [3.8, 4) is 0 Å². The molecule has 2 amide bonds. The zero-order valence-corrected chi connectivity index (χ0v) is 16.4. The SMILES string of the molecule is CN(C)C(=O)NCC[C@@]12CCO[C@@H]1CCN(C1CCC1)C2.O=C(O)C(F)(F)F. The minimum atomic E-state index is -5.08. The summed E-state index contributed by atoms with van der Waals surface area (Å²) in [6, 6.07) is 0.827. The molecule has 0 aromatic rings. The molecule has 2 heterocycles. The highest BCUT2D eigenvalue weighted by atomic mass is 19.4. The van der Waals surface area contributed by atoms with Crippen molar-refractivity contribution in [1.82, 2.24) is 15.1 Å². The largest absolute Gasteiger partial charge is 0.490 e. The van der Waals surface area contributed by atoms with E-state index in [2.05, 4.69) is 10.2 Å². The number of nitrogens with one attached hydrogen (secondary N) is 1. The van der Waals surface area contributed by atoms with Gasteiger partial charge in [0, 0.05) is 51.8 Å². The maximum Gasteiger partial charge on any atom is 0.490 e. The van der Waals surface area contributed by atoms with Crippen molar-refractivity contribution in [2.75, 3.05) is 40.3 Å². The van der Waals surface area contributed by atoms with Crippen LogP contribution in [0, 0.1) is 5.41 Å². The average Bonchev–Trinajstić information content (AvgIpc) is 2.95. The third kappa shape index (κ3) is 5.73. The second kappa shape index (κ2) is 9.30. The fourth-order valence-corrected chi connectivity index (χ4v) is 4.08. The monoisotopic (exact) mass is 409 g/mol. The van der Waals surface area contributed by atoms with Gasteiger partial charge in [-0.25, -0.2) is 9.59 Å². The third-order valence-corrected chi connectivity index (χ3v) is 5.94. The number of aliphatic carboxylic acids is 1. The molecular weight excluding hydrogens is 379 g/mol. The summed E-state index contributed by atoms with van der Waals surface area (Å²) in [7, 11) is 3.57. The molecule has 3 aliphatic rings. The first-order valence-corrected chi connectivity index (χ1v) is 9.66. The molecule has 0 spiro atoms. The van der Waals surface area contributed by atoms with Gasteiger partial charge in [0.25, 0.3) is 0 Å². The van der Waals surface area contributed by atoms with E-state index < -0.39 is 12.1 Å². The van der Waals surface area contributed by atoms with Gasteiger partial charge < -0.3 is 20.1 Å². The van der Waals surface area contributed by atoms with Crippen LogP contribution in [0.5, 0.6) is 0 Å². The highest BCUT2D eigenvalue weighted by Gasteiger charge is 2.48. The van der Waals surface area contributed by atoms with Gasteiger partial charge in [-0.1, -0.05) is 6.42 Å². The number of carbonyl (C=O) groups is 2. The van der Waals surface area contributed by atoms with Gasteiger partial charge in [-0.15, -0.1) is 0 Å². The summed E-state index contributed by atoms with van der Waals surface area (Å²) in [5.74, 6) is -2.76. The number of halogens is 3. The Bertz CT molecular complexity index is 555. The van der Waals surface area contributed by atoms with E-state index in [1.54, 1.807) is 19.0 Å². The Kier molecular flexibility index (Phi) is 7.55. The molecule has 2 saturated heterocycles. The summed E-state index contributed by atoms with van der Waals surface area (Å²) in [6.45, 7) is 4.02. The predicted octanol–water partition coefficient (Wildman–Crippen LogP) is 2.31. The molecule has 10 heteroatoms. The van der Waals surface area contributed by atoms with E-state index in [1.165, 1.54) is 32.4 Å². The van der Waals surface area contributed by atoms with Crippen LogP contribution in [0.15, 0.2) is 0 Å². The first kappa shape index (κ1) is 22.7. The normalized spacial score (nSPS) is 27.8. The number of likely N-dealkylation sites (tertiary alicyclic amines) is 1. The van der Waals surface area contributed by atoms with Crippen LogP contribution >= 0.6 is 0 Å². The summed E-state index contributed by atoms with van der Waals surface area (Å²) in [6.07, 6.45) is 2.83. The van der Waals surface area contributed by atoms with Crippen molar-refractivity contribution >= 4 is 12.0 Å². The van der Waals surface area contributed by atoms with Crippen molar-refractivity contribution in [2.45, 2.75) is 56.8 Å².